The van der Waals surface area contributed by atoms with E-state index in [4.69, 9.17) is 9.47 Å². The van der Waals surface area contributed by atoms with Crippen molar-refractivity contribution in [1.82, 2.24) is 9.97 Å². The maximum absolute atomic E-state index is 13.3. The third-order valence-electron chi connectivity index (χ3n) is 5.26. The predicted molar refractivity (Wildman–Crippen MR) is 122 cm³/mol. The highest BCUT2D eigenvalue weighted by Crippen LogP contribution is 2.37. The van der Waals surface area contributed by atoms with E-state index >= 15 is 0 Å². The summed E-state index contributed by atoms with van der Waals surface area (Å²) in [5.74, 6) is 1.07. The lowest BCUT2D eigenvalue weighted by molar-refractivity contribution is -0.116. The molecule has 6 nitrogen and oxygen atoms in total. The van der Waals surface area contributed by atoms with E-state index in [0.717, 1.165) is 44.8 Å². The van der Waals surface area contributed by atoms with Gasteiger partial charge in [-0.2, -0.15) is 0 Å². The Bertz CT molecular complexity index is 1270. The van der Waals surface area contributed by atoms with Gasteiger partial charge in [-0.3, -0.25) is 4.79 Å². The molecule has 2 aromatic heterocycles. The first kappa shape index (κ1) is 20.4. The highest BCUT2D eigenvalue weighted by molar-refractivity contribution is 7.17. The van der Waals surface area contributed by atoms with Crippen LogP contribution < -0.4 is 14.8 Å². The topological polar surface area (TPSA) is 73.3 Å². The van der Waals surface area contributed by atoms with Crippen LogP contribution in [0.1, 0.15) is 18.4 Å². The van der Waals surface area contributed by atoms with E-state index in [9.17, 15) is 9.18 Å². The number of anilines is 1. The monoisotopic (exact) mass is 449 g/mol. The van der Waals surface area contributed by atoms with Crippen LogP contribution in [0.3, 0.4) is 0 Å². The number of aryl methyl sites for hydroxylation is 1. The Morgan fingerprint density at radius 1 is 1.03 bits per heavy atom. The number of nitrogens with zero attached hydrogens (tertiary/aromatic N) is 2. The molecule has 0 unspecified atom stereocenters. The summed E-state index contributed by atoms with van der Waals surface area (Å²) in [5, 5.41) is 5.69. The minimum atomic E-state index is -0.273. The lowest BCUT2D eigenvalue weighted by Gasteiger charge is -2.17. The molecule has 162 valence electrons. The number of aromatic nitrogens is 2. The van der Waals surface area contributed by atoms with Crippen molar-refractivity contribution in [3.63, 3.8) is 0 Å². The number of fused-ring (bicyclic) bond motifs is 2. The average Bonchev–Trinajstić information content (AvgIpc) is 3.24. The van der Waals surface area contributed by atoms with Crippen molar-refractivity contribution in [3.05, 3.63) is 65.6 Å². The molecule has 0 spiro atoms. The Morgan fingerprint density at radius 3 is 2.75 bits per heavy atom. The van der Waals surface area contributed by atoms with Gasteiger partial charge in [0.1, 0.15) is 22.7 Å². The molecule has 0 fully saturated rings. The quantitative estimate of drug-likeness (QED) is 0.391. The van der Waals surface area contributed by atoms with Gasteiger partial charge in [0.15, 0.2) is 0 Å². The van der Waals surface area contributed by atoms with Crippen LogP contribution in [0.25, 0.3) is 21.3 Å². The molecule has 1 amide bonds. The van der Waals surface area contributed by atoms with Crippen LogP contribution in [0.4, 0.5) is 10.1 Å². The van der Waals surface area contributed by atoms with Crippen LogP contribution in [0.2, 0.25) is 0 Å². The van der Waals surface area contributed by atoms with Crippen LogP contribution in [-0.4, -0.2) is 29.1 Å². The fraction of sp³-hybridized carbons (Fsp3) is 0.208. The second-order valence-corrected chi connectivity index (χ2v) is 8.29. The summed E-state index contributed by atoms with van der Waals surface area (Å²) in [5.41, 5.74) is 3.77. The van der Waals surface area contributed by atoms with E-state index in [2.05, 4.69) is 15.3 Å². The molecular weight excluding hydrogens is 429 g/mol. The van der Waals surface area contributed by atoms with E-state index in [1.54, 1.807) is 12.1 Å². The summed E-state index contributed by atoms with van der Waals surface area (Å²) in [4.78, 5) is 20.9. The number of halogens is 1. The zero-order chi connectivity index (χ0) is 21.9. The predicted octanol–water partition coefficient (Wildman–Crippen LogP) is 5.23. The number of carbonyl (C=O) groups is 1. The number of benzene rings is 2. The fourth-order valence-corrected chi connectivity index (χ4v) is 4.57. The van der Waals surface area contributed by atoms with Gasteiger partial charge < -0.3 is 14.8 Å². The molecule has 1 aliphatic heterocycles. The second kappa shape index (κ2) is 8.92. The van der Waals surface area contributed by atoms with Gasteiger partial charge >= 0.3 is 0 Å². The molecule has 0 atom stereocenters. The maximum Gasteiger partial charge on any atom is 0.225 e. The van der Waals surface area contributed by atoms with Crippen molar-refractivity contribution in [2.75, 3.05) is 18.5 Å². The summed E-state index contributed by atoms with van der Waals surface area (Å²) in [6, 6.07) is 12.1. The molecule has 1 N–H and O–H groups in total. The number of nitrogens with one attached hydrogen (secondary N) is 1. The number of ether oxygens (including phenoxy) is 2. The van der Waals surface area contributed by atoms with Gasteiger partial charge in [-0.05, 0) is 47.9 Å². The van der Waals surface area contributed by atoms with Crippen molar-refractivity contribution in [2.24, 2.45) is 0 Å². The van der Waals surface area contributed by atoms with E-state index in [-0.39, 0.29) is 11.7 Å². The van der Waals surface area contributed by atoms with Crippen LogP contribution in [0.15, 0.2) is 54.2 Å². The normalized spacial score (nSPS) is 13.0. The van der Waals surface area contributed by atoms with Crippen molar-refractivity contribution in [1.29, 1.82) is 0 Å². The fourth-order valence-electron chi connectivity index (χ4n) is 3.67. The third-order valence-corrected chi connectivity index (χ3v) is 6.15. The molecule has 1 aliphatic rings. The average molecular weight is 450 g/mol. The lowest BCUT2D eigenvalue weighted by Crippen LogP contribution is -2.18. The standard InChI is InChI=1S/C24H20FN3O3S/c25-17-5-2-15(3-6-17)19-13-32-24-22(19)23(26-14-27-24)31-11-1-10-30-18-7-8-20-16(12-18)4-9-21(29)28-20/h2-3,5-8,12-14H,1,4,9-11H2,(H,28,29). The largest absolute Gasteiger partial charge is 0.493 e. The highest BCUT2D eigenvalue weighted by atomic mass is 32.1. The number of hydrogen-bond acceptors (Lipinski definition) is 6. The maximum atomic E-state index is 13.3. The summed E-state index contributed by atoms with van der Waals surface area (Å²) in [6.07, 6.45) is 3.39. The van der Waals surface area contributed by atoms with Crippen LogP contribution >= 0.6 is 11.3 Å². The summed E-state index contributed by atoms with van der Waals surface area (Å²) >= 11 is 1.50. The SMILES string of the molecule is O=C1CCc2cc(OCCCOc3ncnc4scc(-c5ccc(F)cc5)c34)ccc2N1. The molecule has 8 heteroatoms. The minimum Gasteiger partial charge on any atom is -0.493 e. The smallest absolute Gasteiger partial charge is 0.225 e. The van der Waals surface area contributed by atoms with Crippen molar-refractivity contribution in [3.8, 4) is 22.8 Å². The molecule has 0 saturated carbocycles. The van der Waals surface area contributed by atoms with Gasteiger partial charge in [-0.15, -0.1) is 11.3 Å². The molecular formula is C24H20FN3O3S. The Hall–Kier alpha value is -3.52. The summed E-state index contributed by atoms with van der Waals surface area (Å²) in [7, 11) is 0. The third kappa shape index (κ3) is 4.27. The van der Waals surface area contributed by atoms with Crippen molar-refractivity contribution < 1.29 is 18.7 Å². The zero-order valence-electron chi connectivity index (χ0n) is 17.1. The second-order valence-electron chi connectivity index (χ2n) is 7.43. The minimum absolute atomic E-state index is 0.0513. The Labute approximate surface area is 188 Å². The Balaban J connectivity index is 1.21. The number of thiophene rings is 1. The zero-order valence-corrected chi connectivity index (χ0v) is 18.0. The molecule has 3 heterocycles. The van der Waals surface area contributed by atoms with E-state index in [0.29, 0.717) is 31.9 Å². The van der Waals surface area contributed by atoms with Crippen LogP contribution in [0, 0.1) is 5.82 Å². The summed E-state index contributed by atoms with van der Waals surface area (Å²) in [6.45, 7) is 0.930. The number of rotatable bonds is 7. The molecule has 0 radical (unpaired) electrons. The van der Waals surface area contributed by atoms with Crippen LogP contribution in [0.5, 0.6) is 11.6 Å². The first-order chi connectivity index (χ1) is 15.7. The molecule has 5 rings (SSSR count). The van der Waals surface area contributed by atoms with Crippen LogP contribution in [-0.2, 0) is 11.2 Å². The van der Waals surface area contributed by atoms with E-state index in [1.807, 2.05) is 23.6 Å². The number of amides is 1. The molecule has 0 bridgehead atoms. The van der Waals surface area contributed by atoms with Gasteiger partial charge in [-0.1, -0.05) is 12.1 Å². The summed E-state index contributed by atoms with van der Waals surface area (Å²) < 4.78 is 25.1. The van der Waals surface area contributed by atoms with Gasteiger partial charge in [0.25, 0.3) is 0 Å². The van der Waals surface area contributed by atoms with E-state index in [1.165, 1.54) is 29.8 Å². The van der Waals surface area contributed by atoms with Crippen molar-refractivity contribution >= 4 is 33.1 Å². The van der Waals surface area contributed by atoms with Crippen molar-refractivity contribution in [2.45, 2.75) is 19.3 Å². The van der Waals surface area contributed by atoms with Gasteiger partial charge in [0.2, 0.25) is 11.8 Å². The Kier molecular flexibility index (Phi) is 5.68. The van der Waals surface area contributed by atoms with Gasteiger partial charge in [0, 0.05) is 29.5 Å². The number of hydrogen-bond donors (Lipinski definition) is 1. The molecule has 2 aromatic carbocycles. The first-order valence-electron chi connectivity index (χ1n) is 10.3. The molecule has 0 saturated heterocycles. The molecule has 4 aromatic rings. The lowest BCUT2D eigenvalue weighted by atomic mass is 10.0. The number of carbonyl (C=O) groups excluding carboxylic acids is 1. The molecule has 32 heavy (non-hydrogen) atoms. The van der Waals surface area contributed by atoms with E-state index < -0.39 is 0 Å². The van der Waals surface area contributed by atoms with Gasteiger partial charge in [0.05, 0.1) is 18.6 Å². The molecule has 0 aliphatic carbocycles. The first-order valence-corrected chi connectivity index (χ1v) is 11.2. The Morgan fingerprint density at radius 2 is 1.88 bits per heavy atom. The highest BCUT2D eigenvalue weighted by Gasteiger charge is 2.16. The van der Waals surface area contributed by atoms with Gasteiger partial charge in [-0.25, -0.2) is 14.4 Å².